The molecule has 0 N–H and O–H groups in total. The zero-order valence-electron chi connectivity index (χ0n) is 19.6. The molecular formula is C28H30N4O2. The predicted molar refractivity (Wildman–Crippen MR) is 133 cm³/mol. The summed E-state index contributed by atoms with van der Waals surface area (Å²) < 4.78 is 7.68. The van der Waals surface area contributed by atoms with Crippen molar-refractivity contribution in [3.05, 3.63) is 71.9 Å². The van der Waals surface area contributed by atoms with Crippen molar-refractivity contribution in [3.8, 4) is 28.8 Å². The summed E-state index contributed by atoms with van der Waals surface area (Å²) in [5, 5.41) is 14.7. The fourth-order valence-electron chi connectivity index (χ4n) is 4.06. The molecule has 0 unspecified atom stereocenters. The average molecular weight is 455 g/mol. The van der Waals surface area contributed by atoms with Crippen LogP contribution in [0.1, 0.15) is 44.6 Å². The zero-order valence-corrected chi connectivity index (χ0v) is 19.6. The van der Waals surface area contributed by atoms with E-state index in [4.69, 9.17) is 9.84 Å². The van der Waals surface area contributed by atoms with Gasteiger partial charge >= 0.3 is 0 Å². The third-order valence-electron chi connectivity index (χ3n) is 5.93. The number of para-hydroxylation sites is 1. The monoisotopic (exact) mass is 454 g/mol. The number of ether oxygens (including phenoxy) is 1. The fourth-order valence-corrected chi connectivity index (χ4v) is 4.06. The van der Waals surface area contributed by atoms with Gasteiger partial charge in [0.1, 0.15) is 23.1 Å². The highest BCUT2D eigenvalue weighted by molar-refractivity contribution is 6.02. The number of carbonyl (C=O) groups excluding carboxylic acids is 1. The Labute approximate surface area is 201 Å². The molecule has 6 heteroatoms. The van der Waals surface area contributed by atoms with Crippen molar-refractivity contribution in [2.45, 2.75) is 39.0 Å². The summed E-state index contributed by atoms with van der Waals surface area (Å²) >= 11 is 0. The van der Waals surface area contributed by atoms with Gasteiger partial charge < -0.3 is 9.64 Å². The van der Waals surface area contributed by atoms with Gasteiger partial charge in [0.05, 0.1) is 12.3 Å². The van der Waals surface area contributed by atoms with E-state index in [1.165, 1.54) is 0 Å². The van der Waals surface area contributed by atoms with Gasteiger partial charge in [-0.1, -0.05) is 43.7 Å². The quantitative estimate of drug-likeness (QED) is 0.251. The van der Waals surface area contributed by atoms with E-state index in [-0.39, 0.29) is 11.5 Å². The summed E-state index contributed by atoms with van der Waals surface area (Å²) in [6, 6.07) is 19.7. The molecule has 0 atom stereocenters. The van der Waals surface area contributed by atoms with E-state index in [0.29, 0.717) is 25.4 Å². The van der Waals surface area contributed by atoms with Crippen LogP contribution >= 0.6 is 0 Å². The third-order valence-corrected chi connectivity index (χ3v) is 5.93. The van der Waals surface area contributed by atoms with Crippen LogP contribution in [0.3, 0.4) is 0 Å². The number of amides is 1. The van der Waals surface area contributed by atoms with Gasteiger partial charge in [-0.2, -0.15) is 10.4 Å². The van der Waals surface area contributed by atoms with Crippen molar-refractivity contribution >= 4 is 12.0 Å². The summed E-state index contributed by atoms with van der Waals surface area (Å²) in [4.78, 5) is 14.8. The van der Waals surface area contributed by atoms with E-state index in [9.17, 15) is 10.1 Å². The van der Waals surface area contributed by atoms with Gasteiger partial charge in [0.2, 0.25) is 0 Å². The number of carbonyl (C=O) groups is 1. The molecule has 4 rings (SSSR count). The number of rotatable bonds is 8. The zero-order chi connectivity index (χ0) is 23.8. The molecule has 1 aliphatic rings. The standard InChI is InChI=1S/C28H30N4O2/c1-2-3-17-34-26-14-10-11-22(19-26)27-24(21-32(30-27)25-12-6-4-7-13-25)18-23(20-29)28(33)31-15-8-5-9-16-31/h4,6-7,10-14,18-19,21H,2-3,5,8-9,15-17H2,1H3. The number of hydrogen-bond acceptors (Lipinski definition) is 4. The van der Waals surface area contributed by atoms with Crippen molar-refractivity contribution in [1.82, 2.24) is 14.7 Å². The molecule has 1 aromatic heterocycles. The average Bonchev–Trinajstić information content (AvgIpc) is 3.32. The maximum Gasteiger partial charge on any atom is 0.264 e. The van der Waals surface area contributed by atoms with E-state index in [2.05, 4.69) is 13.0 Å². The number of likely N-dealkylation sites (tertiary alicyclic amines) is 1. The van der Waals surface area contributed by atoms with Crippen LogP contribution in [0.2, 0.25) is 0 Å². The smallest absolute Gasteiger partial charge is 0.264 e. The Morgan fingerprint density at radius 2 is 1.91 bits per heavy atom. The maximum absolute atomic E-state index is 13.0. The first-order chi connectivity index (χ1) is 16.7. The van der Waals surface area contributed by atoms with Gasteiger partial charge in [-0.25, -0.2) is 4.68 Å². The molecule has 0 radical (unpaired) electrons. The lowest BCUT2D eigenvalue weighted by molar-refractivity contribution is -0.127. The van der Waals surface area contributed by atoms with Crippen LogP contribution in [0.4, 0.5) is 0 Å². The maximum atomic E-state index is 13.0. The predicted octanol–water partition coefficient (Wildman–Crippen LogP) is 5.64. The van der Waals surface area contributed by atoms with E-state index < -0.39 is 0 Å². The fraction of sp³-hybridized carbons (Fsp3) is 0.321. The van der Waals surface area contributed by atoms with E-state index >= 15 is 0 Å². The summed E-state index contributed by atoms with van der Waals surface area (Å²) in [7, 11) is 0. The highest BCUT2D eigenvalue weighted by Gasteiger charge is 2.21. The number of hydrogen-bond donors (Lipinski definition) is 0. The van der Waals surface area contributed by atoms with Gasteiger partial charge in [0, 0.05) is 30.4 Å². The molecule has 1 amide bonds. The normalized spacial score (nSPS) is 14.0. The first-order valence-corrected chi connectivity index (χ1v) is 12.0. The van der Waals surface area contributed by atoms with Crippen LogP contribution in [0.15, 0.2) is 66.4 Å². The van der Waals surface area contributed by atoms with Crippen LogP contribution in [0.5, 0.6) is 5.75 Å². The van der Waals surface area contributed by atoms with Gasteiger partial charge in [-0.3, -0.25) is 4.79 Å². The second kappa shape index (κ2) is 11.3. The number of benzene rings is 2. The van der Waals surface area contributed by atoms with Crippen molar-refractivity contribution in [2.75, 3.05) is 19.7 Å². The minimum atomic E-state index is -0.211. The first-order valence-electron chi connectivity index (χ1n) is 12.0. The first kappa shape index (κ1) is 23.3. The molecule has 0 spiro atoms. The van der Waals surface area contributed by atoms with Gasteiger partial charge in [-0.15, -0.1) is 0 Å². The van der Waals surface area contributed by atoms with E-state index in [1.807, 2.05) is 60.8 Å². The molecule has 0 saturated carbocycles. The number of unbranched alkanes of at least 4 members (excludes halogenated alkanes) is 1. The second-order valence-corrected chi connectivity index (χ2v) is 8.47. The van der Waals surface area contributed by atoms with E-state index in [0.717, 1.165) is 54.7 Å². The lowest BCUT2D eigenvalue weighted by atomic mass is 10.0. The van der Waals surface area contributed by atoms with Crippen LogP contribution in [0, 0.1) is 11.3 Å². The minimum absolute atomic E-state index is 0.131. The highest BCUT2D eigenvalue weighted by atomic mass is 16.5. The Bertz CT molecular complexity index is 1180. The summed E-state index contributed by atoms with van der Waals surface area (Å²) in [5.74, 6) is 0.567. The summed E-state index contributed by atoms with van der Waals surface area (Å²) in [6.45, 7) is 4.19. The van der Waals surface area contributed by atoms with Gasteiger partial charge in [-0.05, 0) is 56.0 Å². The molecule has 0 bridgehead atoms. The molecule has 2 aromatic carbocycles. The molecular weight excluding hydrogens is 424 g/mol. The van der Waals surface area contributed by atoms with Crippen LogP contribution in [-0.4, -0.2) is 40.3 Å². The largest absolute Gasteiger partial charge is 0.494 e. The lowest BCUT2D eigenvalue weighted by Gasteiger charge is -2.26. The molecule has 1 fully saturated rings. The molecule has 174 valence electrons. The van der Waals surface area contributed by atoms with Crippen LogP contribution < -0.4 is 4.74 Å². The summed E-state index contributed by atoms with van der Waals surface area (Å²) in [6.07, 6.45) is 8.68. The minimum Gasteiger partial charge on any atom is -0.494 e. The Hall–Kier alpha value is -3.85. The SMILES string of the molecule is CCCCOc1cccc(-c2nn(-c3ccccc3)cc2C=C(C#N)C(=O)N2CCCCC2)c1. The Morgan fingerprint density at radius 3 is 2.65 bits per heavy atom. The molecule has 34 heavy (non-hydrogen) atoms. The van der Waals surface area contributed by atoms with Crippen molar-refractivity contribution in [1.29, 1.82) is 5.26 Å². The topological polar surface area (TPSA) is 71.1 Å². The number of piperidine rings is 1. The molecule has 6 nitrogen and oxygen atoms in total. The van der Waals surface area contributed by atoms with E-state index in [1.54, 1.807) is 15.7 Å². The van der Waals surface area contributed by atoms with Gasteiger partial charge in [0.15, 0.2) is 0 Å². The molecule has 0 aliphatic carbocycles. The Morgan fingerprint density at radius 1 is 1.12 bits per heavy atom. The lowest BCUT2D eigenvalue weighted by Crippen LogP contribution is -2.36. The van der Waals surface area contributed by atoms with Crippen LogP contribution in [-0.2, 0) is 4.79 Å². The van der Waals surface area contributed by atoms with Gasteiger partial charge in [0.25, 0.3) is 5.91 Å². The molecule has 2 heterocycles. The number of aromatic nitrogens is 2. The molecule has 1 saturated heterocycles. The number of nitrogens with zero attached hydrogens (tertiary/aromatic N) is 4. The Kier molecular flexibility index (Phi) is 7.77. The third kappa shape index (κ3) is 5.55. The van der Waals surface area contributed by atoms with Crippen molar-refractivity contribution in [3.63, 3.8) is 0 Å². The number of nitriles is 1. The van der Waals surface area contributed by atoms with Crippen molar-refractivity contribution < 1.29 is 9.53 Å². The molecule has 3 aromatic rings. The Balaban J connectivity index is 1.73. The summed E-state index contributed by atoms with van der Waals surface area (Å²) in [5.41, 5.74) is 3.32. The second-order valence-electron chi connectivity index (χ2n) is 8.47. The highest BCUT2D eigenvalue weighted by Crippen LogP contribution is 2.29. The molecule has 1 aliphatic heterocycles. The van der Waals surface area contributed by atoms with Crippen molar-refractivity contribution in [2.24, 2.45) is 0 Å². The van der Waals surface area contributed by atoms with Crippen LogP contribution in [0.25, 0.3) is 23.0 Å².